The Morgan fingerprint density at radius 3 is 2.23 bits per heavy atom. The van der Waals surface area contributed by atoms with Crippen molar-refractivity contribution in [2.45, 2.75) is 45.3 Å². The van der Waals surface area contributed by atoms with E-state index in [4.69, 9.17) is 9.99 Å². The van der Waals surface area contributed by atoms with Gasteiger partial charge in [-0.3, -0.25) is 0 Å². The Hall–Kier alpha value is -0.120. The van der Waals surface area contributed by atoms with Gasteiger partial charge in [-0.25, -0.2) is 10.1 Å². The Morgan fingerprint density at radius 2 is 2.08 bits per heavy atom. The molecule has 3 atom stereocenters. The minimum atomic E-state index is -0.634. The van der Waals surface area contributed by atoms with Crippen molar-refractivity contribution in [3.05, 3.63) is 0 Å². The maximum atomic E-state index is 8.59. The maximum absolute atomic E-state index is 8.59. The average Bonchev–Trinajstić information content (AvgIpc) is 2.84. The van der Waals surface area contributed by atoms with E-state index in [-0.39, 0.29) is 0 Å². The van der Waals surface area contributed by atoms with Crippen LogP contribution in [-0.4, -0.2) is 18.2 Å². The lowest BCUT2D eigenvalue weighted by atomic mass is 10.1. The van der Waals surface area contributed by atoms with Crippen LogP contribution in [0.15, 0.2) is 0 Å². The smallest absolute Gasteiger partial charge is 0.204 e. The molecule has 2 rings (SSSR count). The summed E-state index contributed by atoms with van der Waals surface area (Å²) >= 11 is 0. The highest BCUT2D eigenvalue weighted by molar-refractivity contribution is 5.03. The van der Waals surface area contributed by atoms with E-state index in [2.05, 4.69) is 18.7 Å². The number of hydrogen-bond acceptors (Lipinski definition) is 3. The fraction of sp³-hybridized carbons (Fsp3) is 1.00. The highest BCUT2D eigenvalue weighted by atomic mass is 17.1. The third kappa shape index (κ3) is 2.03. The van der Waals surface area contributed by atoms with E-state index in [0.29, 0.717) is 5.92 Å². The number of rotatable bonds is 2. The van der Waals surface area contributed by atoms with Gasteiger partial charge >= 0.3 is 0 Å². The van der Waals surface area contributed by atoms with Gasteiger partial charge in [0.2, 0.25) is 5.79 Å². The molecule has 2 saturated carbocycles. The fourth-order valence-corrected chi connectivity index (χ4v) is 2.08. The van der Waals surface area contributed by atoms with Crippen LogP contribution in [-0.2, 0) is 9.62 Å². The van der Waals surface area contributed by atoms with E-state index in [9.17, 15) is 0 Å². The van der Waals surface area contributed by atoms with Gasteiger partial charge in [0, 0.05) is 19.4 Å². The normalized spacial score (nSPS) is 40.6. The molecular formula is C10H20O3. The zero-order valence-electron chi connectivity index (χ0n) is 8.75. The van der Waals surface area contributed by atoms with Crippen LogP contribution in [0.2, 0.25) is 0 Å². The lowest BCUT2D eigenvalue weighted by Crippen LogP contribution is -2.33. The molecular weight excluding hydrogens is 168 g/mol. The first-order valence-electron chi connectivity index (χ1n) is 5.11. The van der Waals surface area contributed by atoms with Crippen LogP contribution in [0.4, 0.5) is 0 Å². The summed E-state index contributed by atoms with van der Waals surface area (Å²) in [6, 6.07) is 0. The molecule has 0 amide bonds. The van der Waals surface area contributed by atoms with Crippen molar-refractivity contribution in [3.8, 4) is 0 Å². The highest BCUT2D eigenvalue weighted by Crippen LogP contribution is 2.58. The summed E-state index contributed by atoms with van der Waals surface area (Å²) < 4.78 is 5.13. The predicted octanol–water partition coefficient (Wildman–Crippen LogP) is 2.66. The van der Waals surface area contributed by atoms with Gasteiger partial charge in [0.05, 0.1) is 0 Å². The van der Waals surface area contributed by atoms with Crippen molar-refractivity contribution < 1.29 is 14.9 Å². The van der Waals surface area contributed by atoms with Gasteiger partial charge in [-0.15, -0.1) is 0 Å². The van der Waals surface area contributed by atoms with Crippen LogP contribution in [0.5, 0.6) is 0 Å². The van der Waals surface area contributed by atoms with Gasteiger partial charge < -0.3 is 4.74 Å². The maximum Gasteiger partial charge on any atom is 0.204 e. The average molecular weight is 188 g/mol. The van der Waals surface area contributed by atoms with Gasteiger partial charge in [-0.2, -0.15) is 0 Å². The van der Waals surface area contributed by atoms with Crippen LogP contribution < -0.4 is 0 Å². The molecule has 2 fully saturated rings. The first-order chi connectivity index (χ1) is 6.24. The molecule has 0 bridgehead atoms. The molecule has 0 aromatic heterocycles. The molecule has 3 heteroatoms. The molecule has 0 spiro atoms. The minimum Gasteiger partial charge on any atom is -0.350 e. The minimum absolute atomic E-state index is 0.461. The molecule has 0 aliphatic heterocycles. The monoisotopic (exact) mass is 188 g/mol. The molecule has 2 aliphatic carbocycles. The number of hydrogen-bond donors (Lipinski definition) is 1. The summed E-state index contributed by atoms with van der Waals surface area (Å²) in [5, 5.41) is 8.59. The summed E-state index contributed by atoms with van der Waals surface area (Å²) in [4.78, 5) is 4.38. The molecule has 3 nitrogen and oxygen atoms in total. The van der Waals surface area contributed by atoms with Gasteiger partial charge in [-0.05, 0) is 18.8 Å². The summed E-state index contributed by atoms with van der Waals surface area (Å²) in [7, 11) is 1.59. The molecule has 2 aliphatic rings. The summed E-state index contributed by atoms with van der Waals surface area (Å²) in [5.41, 5.74) is 0. The quantitative estimate of drug-likeness (QED) is 0.411. The Bertz CT molecular complexity index is 154. The standard InChI is InChI=1S/C7H12O3.C3H8/c1-9-7(10-8)3-2-5-4-6(5)7;1-3-2/h5-6,8H,2-4H2,1H3;3H2,1-2H3. The molecule has 0 aromatic rings. The van der Waals surface area contributed by atoms with E-state index >= 15 is 0 Å². The Morgan fingerprint density at radius 1 is 1.46 bits per heavy atom. The number of methoxy groups -OCH3 is 1. The van der Waals surface area contributed by atoms with Gasteiger partial charge in [0.15, 0.2) is 0 Å². The van der Waals surface area contributed by atoms with Crippen LogP contribution in [0, 0.1) is 11.8 Å². The van der Waals surface area contributed by atoms with Crippen molar-refractivity contribution in [3.63, 3.8) is 0 Å². The second-order valence-corrected chi connectivity index (χ2v) is 3.96. The van der Waals surface area contributed by atoms with Gasteiger partial charge in [0.25, 0.3) is 0 Å². The van der Waals surface area contributed by atoms with Crippen molar-refractivity contribution in [2.24, 2.45) is 11.8 Å². The van der Waals surface area contributed by atoms with E-state index in [1.165, 1.54) is 6.42 Å². The third-order valence-corrected chi connectivity index (χ3v) is 2.85. The predicted molar refractivity (Wildman–Crippen MR) is 50.2 cm³/mol. The largest absolute Gasteiger partial charge is 0.350 e. The van der Waals surface area contributed by atoms with Crippen molar-refractivity contribution in [1.82, 2.24) is 0 Å². The Balaban J connectivity index is 0.000000251. The van der Waals surface area contributed by atoms with E-state index < -0.39 is 5.79 Å². The first-order valence-corrected chi connectivity index (χ1v) is 5.11. The van der Waals surface area contributed by atoms with Crippen LogP contribution in [0.25, 0.3) is 0 Å². The van der Waals surface area contributed by atoms with Crippen LogP contribution in [0.1, 0.15) is 39.5 Å². The molecule has 1 N–H and O–H groups in total. The lowest BCUT2D eigenvalue weighted by Gasteiger charge is -2.24. The molecule has 3 unspecified atom stereocenters. The molecule has 78 valence electrons. The molecule has 0 aromatic carbocycles. The molecule has 0 saturated heterocycles. The van der Waals surface area contributed by atoms with Crippen molar-refractivity contribution in [2.75, 3.05) is 7.11 Å². The Labute approximate surface area is 80.0 Å². The number of fused-ring (bicyclic) bond motifs is 1. The van der Waals surface area contributed by atoms with E-state index in [1.807, 2.05) is 0 Å². The molecule has 0 radical (unpaired) electrons. The summed E-state index contributed by atoms with van der Waals surface area (Å²) in [5.74, 6) is 0.583. The van der Waals surface area contributed by atoms with Crippen LogP contribution >= 0.6 is 0 Å². The highest BCUT2D eigenvalue weighted by Gasteiger charge is 2.60. The third-order valence-electron chi connectivity index (χ3n) is 2.85. The fourth-order valence-electron chi connectivity index (χ4n) is 2.08. The topological polar surface area (TPSA) is 38.7 Å². The van der Waals surface area contributed by atoms with Gasteiger partial charge in [-0.1, -0.05) is 20.3 Å². The Kier molecular flexibility index (Phi) is 3.71. The molecule has 0 heterocycles. The summed E-state index contributed by atoms with van der Waals surface area (Å²) in [6.45, 7) is 4.25. The zero-order valence-corrected chi connectivity index (χ0v) is 8.75. The lowest BCUT2D eigenvalue weighted by molar-refractivity contribution is -0.403. The van der Waals surface area contributed by atoms with Crippen LogP contribution in [0.3, 0.4) is 0 Å². The first kappa shape index (κ1) is 11.0. The van der Waals surface area contributed by atoms with Gasteiger partial charge in [0.1, 0.15) is 0 Å². The van der Waals surface area contributed by atoms with E-state index in [1.54, 1.807) is 7.11 Å². The van der Waals surface area contributed by atoms with Crippen molar-refractivity contribution >= 4 is 0 Å². The second-order valence-electron chi connectivity index (χ2n) is 3.96. The zero-order chi connectivity index (χ0) is 9.90. The number of ether oxygens (including phenoxy) is 1. The second kappa shape index (κ2) is 4.40. The SMILES string of the molecule is CCC.COC1(OO)CCC2CC21. The summed E-state index contributed by atoms with van der Waals surface area (Å²) in [6.07, 6.45) is 4.39. The molecule has 13 heavy (non-hydrogen) atoms. The van der Waals surface area contributed by atoms with E-state index in [0.717, 1.165) is 25.2 Å². The van der Waals surface area contributed by atoms with Crippen molar-refractivity contribution in [1.29, 1.82) is 0 Å².